The van der Waals surface area contributed by atoms with Gasteiger partial charge in [-0.25, -0.2) is 4.79 Å². The minimum atomic E-state index is -0.892. The van der Waals surface area contributed by atoms with Gasteiger partial charge in [-0.2, -0.15) is 0 Å². The molecule has 3 heteroatoms. The van der Waals surface area contributed by atoms with Crippen LogP contribution in [0.5, 0.6) is 5.75 Å². The molecule has 0 fully saturated rings. The first-order valence-corrected chi connectivity index (χ1v) is 7.88. The second-order valence-electron chi connectivity index (χ2n) is 5.25. The summed E-state index contributed by atoms with van der Waals surface area (Å²) in [6, 6.07) is 9.24. The SMILES string of the molecule is CCCCCCCCC/C(=C/Oc1ccccc1)C(=O)O. The molecule has 0 saturated carbocycles. The average molecular weight is 290 g/mol. The van der Waals surface area contributed by atoms with E-state index in [1.165, 1.54) is 38.4 Å². The Balaban J connectivity index is 2.28. The minimum Gasteiger partial charge on any atom is -0.478 e. The van der Waals surface area contributed by atoms with Gasteiger partial charge in [-0.15, -0.1) is 0 Å². The van der Waals surface area contributed by atoms with Crippen molar-refractivity contribution in [2.45, 2.75) is 58.3 Å². The summed E-state index contributed by atoms with van der Waals surface area (Å²) >= 11 is 0. The van der Waals surface area contributed by atoms with Gasteiger partial charge >= 0.3 is 5.97 Å². The zero-order valence-corrected chi connectivity index (χ0v) is 12.9. The van der Waals surface area contributed by atoms with Gasteiger partial charge in [0.1, 0.15) is 12.0 Å². The maximum Gasteiger partial charge on any atom is 0.334 e. The summed E-state index contributed by atoms with van der Waals surface area (Å²) in [7, 11) is 0. The molecule has 0 spiro atoms. The predicted octanol–water partition coefficient (Wildman–Crippen LogP) is 5.17. The molecule has 1 aromatic carbocycles. The second-order valence-corrected chi connectivity index (χ2v) is 5.25. The van der Waals surface area contributed by atoms with Crippen LogP contribution in [0.1, 0.15) is 58.3 Å². The molecule has 0 aromatic heterocycles. The number of rotatable bonds is 11. The number of ether oxygens (including phenoxy) is 1. The molecule has 0 heterocycles. The fourth-order valence-electron chi connectivity index (χ4n) is 2.13. The third-order valence-electron chi connectivity index (χ3n) is 3.40. The van der Waals surface area contributed by atoms with Crippen LogP contribution >= 0.6 is 0 Å². The number of benzene rings is 1. The number of carboxylic acids is 1. The zero-order chi connectivity index (χ0) is 15.3. The number of carbonyl (C=O) groups is 1. The van der Waals surface area contributed by atoms with Crippen LogP contribution in [0.2, 0.25) is 0 Å². The second kappa shape index (κ2) is 11.0. The Bertz CT molecular complexity index is 423. The molecule has 0 amide bonds. The van der Waals surface area contributed by atoms with Crippen molar-refractivity contribution in [3.8, 4) is 5.75 Å². The molecule has 0 aliphatic rings. The van der Waals surface area contributed by atoms with Gasteiger partial charge in [0.2, 0.25) is 0 Å². The molecule has 0 atom stereocenters. The van der Waals surface area contributed by atoms with Crippen LogP contribution in [-0.4, -0.2) is 11.1 Å². The number of aliphatic carboxylic acids is 1. The van der Waals surface area contributed by atoms with Crippen molar-refractivity contribution in [3.05, 3.63) is 42.2 Å². The van der Waals surface area contributed by atoms with E-state index < -0.39 is 5.97 Å². The molecule has 1 N–H and O–H groups in total. The third-order valence-corrected chi connectivity index (χ3v) is 3.40. The number of carboxylic acid groups (broad SMARTS) is 1. The molecule has 1 aromatic rings. The van der Waals surface area contributed by atoms with Crippen LogP contribution in [0.3, 0.4) is 0 Å². The van der Waals surface area contributed by atoms with Crippen molar-refractivity contribution in [2.75, 3.05) is 0 Å². The lowest BCUT2D eigenvalue weighted by atomic mass is 10.1. The van der Waals surface area contributed by atoms with Crippen molar-refractivity contribution in [2.24, 2.45) is 0 Å². The Labute approximate surface area is 127 Å². The summed E-state index contributed by atoms with van der Waals surface area (Å²) in [5.74, 6) is -0.229. The quantitative estimate of drug-likeness (QED) is 0.347. The summed E-state index contributed by atoms with van der Waals surface area (Å²) < 4.78 is 5.40. The lowest BCUT2D eigenvalue weighted by Crippen LogP contribution is -2.02. The molecule has 0 bridgehead atoms. The number of unbranched alkanes of at least 4 members (excludes halogenated alkanes) is 6. The highest BCUT2D eigenvalue weighted by molar-refractivity contribution is 5.86. The number of hydrogen-bond acceptors (Lipinski definition) is 2. The van der Waals surface area contributed by atoms with Gasteiger partial charge in [0, 0.05) is 0 Å². The Hall–Kier alpha value is -1.77. The summed E-state index contributed by atoms with van der Waals surface area (Å²) in [5, 5.41) is 9.18. The first-order chi connectivity index (χ1) is 10.2. The maximum absolute atomic E-state index is 11.2. The summed E-state index contributed by atoms with van der Waals surface area (Å²) in [6.07, 6.45) is 10.2. The van der Waals surface area contributed by atoms with E-state index in [0.29, 0.717) is 17.7 Å². The van der Waals surface area contributed by atoms with Crippen molar-refractivity contribution in [1.29, 1.82) is 0 Å². The van der Waals surface area contributed by atoms with Crippen molar-refractivity contribution >= 4 is 5.97 Å². The average Bonchev–Trinajstić information content (AvgIpc) is 2.50. The summed E-state index contributed by atoms with van der Waals surface area (Å²) in [5.41, 5.74) is 0.340. The maximum atomic E-state index is 11.2. The Morgan fingerprint density at radius 1 is 1.05 bits per heavy atom. The van der Waals surface area contributed by atoms with Crippen LogP contribution in [0.4, 0.5) is 0 Å². The van der Waals surface area contributed by atoms with Crippen LogP contribution < -0.4 is 4.74 Å². The molecular formula is C18H26O3. The lowest BCUT2D eigenvalue weighted by molar-refractivity contribution is -0.132. The first-order valence-electron chi connectivity index (χ1n) is 7.88. The highest BCUT2D eigenvalue weighted by Crippen LogP contribution is 2.15. The van der Waals surface area contributed by atoms with E-state index in [2.05, 4.69) is 6.92 Å². The molecular weight excluding hydrogens is 264 g/mol. The van der Waals surface area contributed by atoms with E-state index in [1.807, 2.05) is 30.3 Å². The van der Waals surface area contributed by atoms with Crippen LogP contribution in [0.25, 0.3) is 0 Å². The first kappa shape index (κ1) is 17.3. The van der Waals surface area contributed by atoms with Crippen molar-refractivity contribution in [1.82, 2.24) is 0 Å². The molecule has 0 radical (unpaired) electrons. The van der Waals surface area contributed by atoms with E-state index in [-0.39, 0.29) is 0 Å². The topological polar surface area (TPSA) is 46.5 Å². The van der Waals surface area contributed by atoms with E-state index in [9.17, 15) is 9.90 Å². The third kappa shape index (κ3) is 8.18. The van der Waals surface area contributed by atoms with Crippen molar-refractivity contribution < 1.29 is 14.6 Å². The van der Waals surface area contributed by atoms with Gasteiger partial charge < -0.3 is 9.84 Å². The zero-order valence-electron chi connectivity index (χ0n) is 12.9. The fraction of sp³-hybridized carbons (Fsp3) is 0.500. The molecule has 21 heavy (non-hydrogen) atoms. The Kier molecular flexibility index (Phi) is 9.01. The fourth-order valence-corrected chi connectivity index (χ4v) is 2.13. The van der Waals surface area contributed by atoms with Gasteiger partial charge in [-0.3, -0.25) is 0 Å². The van der Waals surface area contributed by atoms with Gasteiger partial charge in [0.05, 0.1) is 5.57 Å². The largest absolute Gasteiger partial charge is 0.478 e. The predicted molar refractivity (Wildman–Crippen MR) is 85.4 cm³/mol. The van der Waals surface area contributed by atoms with E-state index in [4.69, 9.17) is 4.74 Å². The monoisotopic (exact) mass is 290 g/mol. The molecule has 1 rings (SSSR count). The lowest BCUT2D eigenvalue weighted by Gasteiger charge is -2.05. The van der Waals surface area contributed by atoms with Crippen molar-refractivity contribution in [3.63, 3.8) is 0 Å². The Morgan fingerprint density at radius 2 is 1.67 bits per heavy atom. The van der Waals surface area contributed by atoms with E-state index in [1.54, 1.807) is 0 Å². The minimum absolute atomic E-state index is 0.340. The molecule has 3 nitrogen and oxygen atoms in total. The molecule has 116 valence electrons. The molecule has 0 aliphatic carbocycles. The van der Waals surface area contributed by atoms with Crippen LogP contribution in [0, 0.1) is 0 Å². The van der Waals surface area contributed by atoms with E-state index >= 15 is 0 Å². The van der Waals surface area contributed by atoms with Gasteiger partial charge in [0.15, 0.2) is 0 Å². The summed E-state index contributed by atoms with van der Waals surface area (Å²) in [6.45, 7) is 2.21. The molecule has 0 unspecified atom stereocenters. The molecule has 0 saturated heterocycles. The van der Waals surface area contributed by atoms with Gasteiger partial charge in [-0.1, -0.05) is 63.6 Å². The Morgan fingerprint density at radius 3 is 2.29 bits per heavy atom. The number of hydrogen-bond donors (Lipinski definition) is 1. The number of para-hydroxylation sites is 1. The van der Waals surface area contributed by atoms with Gasteiger partial charge in [0.25, 0.3) is 0 Å². The van der Waals surface area contributed by atoms with Gasteiger partial charge in [-0.05, 0) is 25.0 Å². The van der Waals surface area contributed by atoms with E-state index in [0.717, 1.165) is 12.8 Å². The normalized spacial score (nSPS) is 11.4. The highest BCUT2D eigenvalue weighted by atomic mass is 16.5. The smallest absolute Gasteiger partial charge is 0.334 e. The highest BCUT2D eigenvalue weighted by Gasteiger charge is 2.07. The van der Waals surface area contributed by atoms with Crippen LogP contribution in [0.15, 0.2) is 42.2 Å². The summed E-state index contributed by atoms with van der Waals surface area (Å²) in [4.78, 5) is 11.2. The standard InChI is InChI=1S/C18H26O3/c1-2-3-4-5-6-7-9-12-16(18(19)20)15-21-17-13-10-8-11-14-17/h8,10-11,13-15H,2-7,9,12H2,1H3,(H,19,20)/b16-15-. The van der Waals surface area contributed by atoms with Crippen LogP contribution in [-0.2, 0) is 4.79 Å². The molecule has 0 aliphatic heterocycles.